The number of non-ortho nitro benzene ring substituents is 1. The van der Waals surface area contributed by atoms with Crippen LogP contribution in [0.25, 0.3) is 11.4 Å². The fraction of sp³-hybridized carbons (Fsp3) is 0.211. The van der Waals surface area contributed by atoms with Crippen LogP contribution in [0.5, 0.6) is 0 Å². The Bertz CT molecular complexity index is 970. The van der Waals surface area contributed by atoms with Crippen LogP contribution in [0, 0.1) is 10.1 Å². The van der Waals surface area contributed by atoms with Crippen molar-refractivity contribution in [3.63, 3.8) is 0 Å². The zero-order valence-corrected chi connectivity index (χ0v) is 16.3. The van der Waals surface area contributed by atoms with Crippen molar-refractivity contribution in [3.8, 4) is 11.4 Å². The molecule has 3 aromatic rings. The summed E-state index contributed by atoms with van der Waals surface area (Å²) < 4.78 is 0. The molecule has 0 saturated heterocycles. The maximum absolute atomic E-state index is 12.4. The van der Waals surface area contributed by atoms with Crippen LogP contribution in [0.1, 0.15) is 12.5 Å². The van der Waals surface area contributed by atoms with Gasteiger partial charge in [-0.15, -0.1) is 5.10 Å². The summed E-state index contributed by atoms with van der Waals surface area (Å²) in [5.41, 5.74) is 2.76. The standard InChI is InChI=1S/C19H19N5O3S/c1-3-13-4-6-14(7-5-13)18-20-19(22-21-18)28-12-17(25)23(2)15-8-10-16(11-9-15)24(26)27/h4-11H,3,12H2,1-2H3,(H,20,21,22). The molecule has 0 unspecified atom stereocenters. The molecule has 0 aliphatic carbocycles. The van der Waals surface area contributed by atoms with Gasteiger partial charge in [-0.25, -0.2) is 4.98 Å². The Morgan fingerprint density at radius 2 is 1.86 bits per heavy atom. The number of H-pyrrole nitrogens is 1. The zero-order valence-electron chi connectivity index (χ0n) is 15.5. The number of hydrogen-bond acceptors (Lipinski definition) is 6. The second-order valence-corrected chi connectivity index (χ2v) is 6.97. The number of nitro groups is 1. The number of nitrogens with zero attached hydrogens (tertiary/aromatic N) is 4. The maximum atomic E-state index is 12.4. The predicted octanol–water partition coefficient (Wildman–Crippen LogP) is 3.70. The molecule has 0 radical (unpaired) electrons. The lowest BCUT2D eigenvalue weighted by Crippen LogP contribution is -2.27. The maximum Gasteiger partial charge on any atom is 0.269 e. The summed E-state index contributed by atoms with van der Waals surface area (Å²) in [6.45, 7) is 2.10. The molecule has 0 saturated carbocycles. The van der Waals surface area contributed by atoms with Gasteiger partial charge < -0.3 is 4.90 Å². The van der Waals surface area contributed by atoms with Gasteiger partial charge >= 0.3 is 0 Å². The van der Waals surface area contributed by atoms with Gasteiger partial charge in [0.2, 0.25) is 11.1 Å². The second kappa shape index (κ2) is 8.66. The topological polar surface area (TPSA) is 105 Å². The number of aromatic nitrogens is 3. The lowest BCUT2D eigenvalue weighted by molar-refractivity contribution is -0.384. The molecule has 3 rings (SSSR count). The van der Waals surface area contributed by atoms with E-state index in [0.29, 0.717) is 16.7 Å². The van der Waals surface area contributed by atoms with Gasteiger partial charge in [-0.05, 0) is 24.1 Å². The third-order valence-electron chi connectivity index (χ3n) is 4.25. The number of anilines is 1. The molecule has 144 valence electrons. The van der Waals surface area contributed by atoms with Gasteiger partial charge in [0.05, 0.1) is 10.7 Å². The molecule has 0 aliphatic rings. The van der Waals surface area contributed by atoms with Gasteiger partial charge in [0.25, 0.3) is 5.69 Å². The third kappa shape index (κ3) is 4.55. The lowest BCUT2D eigenvalue weighted by Gasteiger charge is -2.16. The number of nitro benzene ring substituents is 1. The minimum Gasteiger partial charge on any atom is -0.315 e. The summed E-state index contributed by atoms with van der Waals surface area (Å²) in [6, 6.07) is 13.9. The Morgan fingerprint density at radius 1 is 1.18 bits per heavy atom. The van der Waals surface area contributed by atoms with Crippen LogP contribution in [0.4, 0.5) is 11.4 Å². The molecular weight excluding hydrogens is 378 g/mol. The van der Waals surface area contributed by atoms with E-state index in [0.717, 1.165) is 12.0 Å². The second-order valence-electron chi connectivity index (χ2n) is 6.03. The summed E-state index contributed by atoms with van der Waals surface area (Å²) >= 11 is 1.23. The molecule has 0 atom stereocenters. The summed E-state index contributed by atoms with van der Waals surface area (Å²) in [5.74, 6) is 0.651. The molecule has 0 fully saturated rings. The number of nitrogens with one attached hydrogen (secondary N) is 1. The van der Waals surface area contributed by atoms with Gasteiger partial charge in [0.15, 0.2) is 5.82 Å². The predicted molar refractivity (Wildman–Crippen MR) is 108 cm³/mol. The van der Waals surface area contributed by atoms with E-state index in [1.54, 1.807) is 19.2 Å². The van der Waals surface area contributed by atoms with E-state index in [9.17, 15) is 14.9 Å². The highest BCUT2D eigenvalue weighted by Crippen LogP contribution is 2.22. The highest BCUT2D eigenvalue weighted by atomic mass is 32.2. The number of thioether (sulfide) groups is 1. The first-order chi connectivity index (χ1) is 13.5. The number of aryl methyl sites for hydroxylation is 1. The fourth-order valence-electron chi connectivity index (χ4n) is 2.50. The SMILES string of the molecule is CCc1ccc(-c2nc(SCC(=O)N(C)c3ccc([N+](=O)[O-])cc3)n[nH]2)cc1. The summed E-state index contributed by atoms with van der Waals surface area (Å²) in [6.07, 6.45) is 0.974. The van der Waals surface area contributed by atoms with E-state index >= 15 is 0 Å². The smallest absolute Gasteiger partial charge is 0.269 e. The van der Waals surface area contributed by atoms with Crippen molar-refractivity contribution in [3.05, 3.63) is 64.2 Å². The van der Waals surface area contributed by atoms with Crippen LogP contribution in [-0.4, -0.2) is 38.8 Å². The Kier molecular flexibility index (Phi) is 6.05. The summed E-state index contributed by atoms with van der Waals surface area (Å²) in [4.78, 5) is 28.5. The van der Waals surface area contributed by atoms with Crippen LogP contribution in [0.2, 0.25) is 0 Å². The number of rotatable bonds is 7. The average Bonchev–Trinajstić information content (AvgIpc) is 3.20. The van der Waals surface area contributed by atoms with Crippen LogP contribution in [0.3, 0.4) is 0 Å². The monoisotopic (exact) mass is 397 g/mol. The zero-order chi connectivity index (χ0) is 20.1. The van der Waals surface area contributed by atoms with Crippen molar-refractivity contribution in [2.24, 2.45) is 0 Å². The molecule has 1 N–H and O–H groups in total. The molecule has 8 nitrogen and oxygen atoms in total. The fourth-order valence-corrected chi connectivity index (χ4v) is 3.22. The van der Waals surface area contributed by atoms with Crippen molar-refractivity contribution in [2.75, 3.05) is 17.7 Å². The Hall–Kier alpha value is -3.20. The largest absolute Gasteiger partial charge is 0.315 e. The van der Waals surface area contributed by atoms with Crippen LogP contribution >= 0.6 is 11.8 Å². The molecule has 1 heterocycles. The first-order valence-electron chi connectivity index (χ1n) is 8.63. The van der Waals surface area contributed by atoms with Crippen molar-refractivity contribution >= 4 is 29.0 Å². The third-order valence-corrected chi connectivity index (χ3v) is 5.08. The first-order valence-corrected chi connectivity index (χ1v) is 9.62. The van der Waals surface area contributed by atoms with Crippen molar-refractivity contribution < 1.29 is 9.72 Å². The highest BCUT2D eigenvalue weighted by molar-refractivity contribution is 7.99. The molecule has 1 amide bonds. The summed E-state index contributed by atoms with van der Waals surface area (Å²) in [7, 11) is 1.63. The minimum absolute atomic E-state index is 0.0146. The van der Waals surface area contributed by atoms with E-state index in [4.69, 9.17) is 0 Å². The summed E-state index contributed by atoms with van der Waals surface area (Å²) in [5, 5.41) is 18.2. The molecule has 0 aliphatic heterocycles. The molecule has 2 aromatic carbocycles. The van der Waals surface area contributed by atoms with Gasteiger partial charge in [0.1, 0.15) is 0 Å². The van der Waals surface area contributed by atoms with Gasteiger partial charge in [0, 0.05) is 30.4 Å². The Balaban J connectivity index is 1.59. The molecule has 1 aromatic heterocycles. The van der Waals surface area contributed by atoms with Crippen molar-refractivity contribution in [1.82, 2.24) is 15.2 Å². The molecule has 0 spiro atoms. The lowest BCUT2D eigenvalue weighted by atomic mass is 10.1. The minimum atomic E-state index is -0.474. The van der Waals surface area contributed by atoms with Crippen LogP contribution in [-0.2, 0) is 11.2 Å². The number of hydrogen-bond donors (Lipinski definition) is 1. The number of benzene rings is 2. The van der Waals surface area contributed by atoms with E-state index in [1.807, 2.05) is 24.3 Å². The van der Waals surface area contributed by atoms with Crippen molar-refractivity contribution in [1.29, 1.82) is 0 Å². The molecule has 9 heteroatoms. The Morgan fingerprint density at radius 3 is 2.46 bits per heavy atom. The van der Waals surface area contributed by atoms with Gasteiger partial charge in [-0.1, -0.05) is 43.0 Å². The van der Waals surface area contributed by atoms with E-state index in [1.165, 1.54) is 34.4 Å². The number of amides is 1. The van der Waals surface area contributed by atoms with E-state index < -0.39 is 4.92 Å². The highest BCUT2D eigenvalue weighted by Gasteiger charge is 2.15. The molecule has 0 bridgehead atoms. The molecular formula is C19H19N5O3S. The number of aromatic amines is 1. The number of carbonyl (C=O) groups is 1. The van der Waals surface area contributed by atoms with Gasteiger partial charge in [-0.2, -0.15) is 0 Å². The normalized spacial score (nSPS) is 10.6. The van der Waals surface area contributed by atoms with Gasteiger partial charge in [-0.3, -0.25) is 20.0 Å². The molecule has 28 heavy (non-hydrogen) atoms. The van der Waals surface area contributed by atoms with Crippen molar-refractivity contribution in [2.45, 2.75) is 18.5 Å². The average molecular weight is 397 g/mol. The van der Waals surface area contributed by atoms with E-state index in [2.05, 4.69) is 22.1 Å². The Labute approximate surface area is 166 Å². The first kappa shape index (κ1) is 19.6. The van der Waals surface area contributed by atoms with Crippen LogP contribution in [0.15, 0.2) is 53.7 Å². The van der Waals surface area contributed by atoms with Crippen LogP contribution < -0.4 is 4.90 Å². The quantitative estimate of drug-likeness (QED) is 0.370. The van der Waals surface area contributed by atoms with E-state index in [-0.39, 0.29) is 17.3 Å². The number of carbonyl (C=O) groups excluding carboxylic acids is 1.